The largest absolute Gasteiger partial charge is 0.455 e. The molecule has 0 bridgehead atoms. The summed E-state index contributed by atoms with van der Waals surface area (Å²) in [5, 5.41) is 7.55. The first kappa shape index (κ1) is 13.5. The van der Waals surface area contributed by atoms with Crippen molar-refractivity contribution in [2.24, 2.45) is 5.73 Å². The second-order valence-corrected chi connectivity index (χ2v) is 4.94. The van der Waals surface area contributed by atoms with E-state index in [-0.39, 0.29) is 11.7 Å². The second-order valence-electron chi connectivity index (χ2n) is 4.09. The van der Waals surface area contributed by atoms with E-state index in [1.54, 1.807) is 12.1 Å². The first-order valence-corrected chi connectivity index (χ1v) is 6.34. The van der Waals surface area contributed by atoms with Gasteiger partial charge in [-0.3, -0.25) is 5.41 Å². The highest BCUT2D eigenvalue weighted by Crippen LogP contribution is 2.32. The normalized spacial score (nSPS) is 10.3. The Hall–Kier alpha value is -1.88. The van der Waals surface area contributed by atoms with E-state index in [9.17, 15) is 4.39 Å². The predicted molar refractivity (Wildman–Crippen MR) is 76.4 cm³/mol. The van der Waals surface area contributed by atoms with Gasteiger partial charge in [-0.05, 0) is 53.2 Å². The quantitative estimate of drug-likeness (QED) is 0.663. The van der Waals surface area contributed by atoms with E-state index >= 15 is 0 Å². The molecule has 0 aliphatic carbocycles. The van der Waals surface area contributed by atoms with E-state index < -0.39 is 0 Å². The second kappa shape index (κ2) is 5.40. The van der Waals surface area contributed by atoms with Crippen molar-refractivity contribution in [2.75, 3.05) is 0 Å². The number of ether oxygens (including phenoxy) is 1. The monoisotopic (exact) mass is 322 g/mol. The number of aryl methyl sites for hydroxylation is 1. The summed E-state index contributed by atoms with van der Waals surface area (Å²) in [4.78, 5) is 0. The van der Waals surface area contributed by atoms with Crippen LogP contribution in [0.2, 0.25) is 0 Å². The van der Waals surface area contributed by atoms with E-state index in [2.05, 4.69) is 15.9 Å². The van der Waals surface area contributed by atoms with Gasteiger partial charge in [-0.1, -0.05) is 11.6 Å². The van der Waals surface area contributed by atoms with Crippen LogP contribution in [0.25, 0.3) is 0 Å². The third-order valence-electron chi connectivity index (χ3n) is 2.54. The third-order valence-corrected chi connectivity index (χ3v) is 3.16. The van der Waals surface area contributed by atoms with Crippen LogP contribution < -0.4 is 10.5 Å². The highest BCUT2D eigenvalue weighted by molar-refractivity contribution is 9.10. The van der Waals surface area contributed by atoms with Crippen LogP contribution in [0.5, 0.6) is 11.5 Å². The minimum atomic E-state index is -0.352. The van der Waals surface area contributed by atoms with Crippen LogP contribution in [-0.2, 0) is 0 Å². The Balaban J connectivity index is 2.40. The van der Waals surface area contributed by atoms with Crippen LogP contribution in [0.4, 0.5) is 4.39 Å². The van der Waals surface area contributed by atoms with Crippen molar-refractivity contribution in [3.05, 3.63) is 57.8 Å². The molecule has 2 rings (SSSR count). The molecule has 0 fully saturated rings. The first-order valence-electron chi connectivity index (χ1n) is 5.55. The SMILES string of the molecule is Cc1ccc(Oc2ccc(F)cc2Br)c(C(=N)N)c1. The fourth-order valence-corrected chi connectivity index (χ4v) is 2.05. The van der Waals surface area contributed by atoms with E-state index in [1.165, 1.54) is 18.2 Å². The molecule has 0 radical (unpaired) electrons. The Bertz CT molecular complexity index is 643. The molecule has 0 aliphatic rings. The molecule has 0 saturated heterocycles. The molecule has 0 amide bonds. The standard InChI is InChI=1S/C14H12BrFN2O/c1-8-2-4-12(10(6-8)14(17)18)19-13-5-3-9(16)7-11(13)15/h2-7H,1H3,(H3,17,18). The Morgan fingerprint density at radius 2 is 1.89 bits per heavy atom. The number of rotatable bonds is 3. The highest BCUT2D eigenvalue weighted by atomic mass is 79.9. The van der Waals surface area contributed by atoms with Gasteiger partial charge in [-0.15, -0.1) is 0 Å². The van der Waals surface area contributed by atoms with Gasteiger partial charge >= 0.3 is 0 Å². The number of hydrogen-bond donors (Lipinski definition) is 2. The highest BCUT2D eigenvalue weighted by Gasteiger charge is 2.10. The molecular formula is C14H12BrFN2O. The number of halogens is 2. The zero-order valence-corrected chi connectivity index (χ0v) is 11.8. The van der Waals surface area contributed by atoms with Gasteiger partial charge in [-0.2, -0.15) is 0 Å². The van der Waals surface area contributed by atoms with Crippen LogP contribution in [0.1, 0.15) is 11.1 Å². The summed E-state index contributed by atoms with van der Waals surface area (Å²) in [7, 11) is 0. The summed E-state index contributed by atoms with van der Waals surface area (Å²) >= 11 is 3.23. The van der Waals surface area contributed by atoms with Gasteiger partial charge in [0.2, 0.25) is 0 Å². The molecule has 0 unspecified atom stereocenters. The summed E-state index contributed by atoms with van der Waals surface area (Å²) in [6, 6.07) is 9.51. The minimum Gasteiger partial charge on any atom is -0.455 e. The topological polar surface area (TPSA) is 59.1 Å². The van der Waals surface area contributed by atoms with Gasteiger partial charge in [0.1, 0.15) is 23.2 Å². The first-order chi connectivity index (χ1) is 8.97. The van der Waals surface area contributed by atoms with Crippen molar-refractivity contribution in [3.8, 4) is 11.5 Å². The average Bonchev–Trinajstić information content (AvgIpc) is 2.34. The van der Waals surface area contributed by atoms with E-state index in [0.717, 1.165) is 5.56 Å². The Labute approximate surface area is 118 Å². The third kappa shape index (κ3) is 3.12. The van der Waals surface area contributed by atoms with Crippen molar-refractivity contribution in [1.29, 1.82) is 5.41 Å². The molecule has 0 spiro atoms. The van der Waals surface area contributed by atoms with Crippen molar-refractivity contribution in [1.82, 2.24) is 0 Å². The molecule has 5 heteroatoms. The van der Waals surface area contributed by atoms with Crippen molar-refractivity contribution >= 4 is 21.8 Å². The van der Waals surface area contributed by atoms with Gasteiger partial charge in [0.25, 0.3) is 0 Å². The Kier molecular flexibility index (Phi) is 3.85. The Morgan fingerprint density at radius 1 is 1.21 bits per heavy atom. The maximum atomic E-state index is 13.0. The molecule has 3 N–H and O–H groups in total. The maximum Gasteiger partial charge on any atom is 0.141 e. The molecule has 0 saturated carbocycles. The number of hydrogen-bond acceptors (Lipinski definition) is 2. The summed E-state index contributed by atoms with van der Waals surface area (Å²) < 4.78 is 19.2. The van der Waals surface area contributed by atoms with Crippen LogP contribution in [-0.4, -0.2) is 5.84 Å². The lowest BCUT2D eigenvalue weighted by Gasteiger charge is -2.12. The molecule has 0 aromatic heterocycles. The Morgan fingerprint density at radius 3 is 2.53 bits per heavy atom. The summed E-state index contributed by atoms with van der Waals surface area (Å²) in [5.74, 6) is 0.505. The zero-order valence-electron chi connectivity index (χ0n) is 10.2. The fourth-order valence-electron chi connectivity index (χ4n) is 1.62. The lowest BCUT2D eigenvalue weighted by atomic mass is 10.1. The molecule has 2 aromatic carbocycles. The molecule has 19 heavy (non-hydrogen) atoms. The molecule has 0 aliphatic heterocycles. The maximum absolute atomic E-state index is 13.0. The number of amidine groups is 1. The number of nitrogens with one attached hydrogen (secondary N) is 1. The molecule has 0 heterocycles. The minimum absolute atomic E-state index is 0.0723. The number of benzene rings is 2. The lowest BCUT2D eigenvalue weighted by Crippen LogP contribution is -2.12. The molecule has 98 valence electrons. The van der Waals surface area contributed by atoms with E-state index in [0.29, 0.717) is 21.5 Å². The average molecular weight is 323 g/mol. The van der Waals surface area contributed by atoms with Crippen molar-refractivity contribution < 1.29 is 9.13 Å². The van der Waals surface area contributed by atoms with Gasteiger partial charge in [0.15, 0.2) is 0 Å². The number of nitrogen functional groups attached to an aromatic ring is 1. The van der Waals surface area contributed by atoms with Crippen LogP contribution >= 0.6 is 15.9 Å². The molecule has 0 atom stereocenters. The zero-order chi connectivity index (χ0) is 14.0. The lowest BCUT2D eigenvalue weighted by molar-refractivity contribution is 0.476. The number of nitrogens with two attached hydrogens (primary N) is 1. The van der Waals surface area contributed by atoms with Crippen LogP contribution in [0.15, 0.2) is 40.9 Å². The van der Waals surface area contributed by atoms with Crippen molar-refractivity contribution in [3.63, 3.8) is 0 Å². The van der Waals surface area contributed by atoms with E-state index in [1.807, 2.05) is 13.0 Å². The van der Waals surface area contributed by atoms with Gasteiger partial charge in [0.05, 0.1) is 10.0 Å². The van der Waals surface area contributed by atoms with Gasteiger partial charge in [0, 0.05) is 0 Å². The van der Waals surface area contributed by atoms with Gasteiger partial charge in [-0.25, -0.2) is 4.39 Å². The summed E-state index contributed by atoms with van der Waals surface area (Å²) in [5.41, 5.74) is 7.02. The van der Waals surface area contributed by atoms with Crippen molar-refractivity contribution in [2.45, 2.75) is 6.92 Å². The van der Waals surface area contributed by atoms with Crippen LogP contribution in [0, 0.1) is 18.2 Å². The molecule has 3 nitrogen and oxygen atoms in total. The smallest absolute Gasteiger partial charge is 0.141 e. The van der Waals surface area contributed by atoms with Gasteiger partial charge < -0.3 is 10.5 Å². The van der Waals surface area contributed by atoms with E-state index in [4.69, 9.17) is 15.9 Å². The van der Waals surface area contributed by atoms with Crippen LogP contribution in [0.3, 0.4) is 0 Å². The molecule has 2 aromatic rings. The summed E-state index contributed by atoms with van der Waals surface area (Å²) in [6.45, 7) is 1.91. The summed E-state index contributed by atoms with van der Waals surface area (Å²) in [6.07, 6.45) is 0. The fraction of sp³-hybridized carbons (Fsp3) is 0.0714. The molecular weight excluding hydrogens is 311 g/mol. The predicted octanol–water partition coefficient (Wildman–Crippen LogP) is 3.97.